The Bertz CT molecular complexity index is 1750. The topological polar surface area (TPSA) is 379 Å². The van der Waals surface area contributed by atoms with Crippen molar-refractivity contribution in [3.63, 3.8) is 0 Å². The summed E-state index contributed by atoms with van der Waals surface area (Å²) in [6.07, 6.45) is 6.92. The first-order chi connectivity index (χ1) is 25.9. The maximum atomic E-state index is 12.5. The van der Waals surface area contributed by atoms with E-state index < -0.39 is 0 Å². The third-order valence-electron chi connectivity index (χ3n) is 7.29. The molecule has 2 aromatic rings. The van der Waals surface area contributed by atoms with Gasteiger partial charge in [0, 0.05) is 46.5 Å². The maximum Gasteiger partial charge on any atom is 0.224 e. The largest absolute Gasteiger partial charge is 0.399 e. The minimum atomic E-state index is -0.159. The molecule has 0 atom stereocenters. The van der Waals surface area contributed by atoms with E-state index in [1.165, 1.54) is 0 Å². The smallest absolute Gasteiger partial charge is 0.224 e. The van der Waals surface area contributed by atoms with Crippen LogP contribution in [-0.4, -0.2) is 58.4 Å². The van der Waals surface area contributed by atoms with Gasteiger partial charge in [-0.2, -0.15) is 20.4 Å². The highest BCUT2D eigenvalue weighted by Gasteiger charge is 2.10. The molecule has 298 valence electrons. The van der Waals surface area contributed by atoms with Crippen molar-refractivity contribution in [3.8, 4) is 0 Å². The number of hydrogen-bond donors (Lipinski definition) is 10. The van der Waals surface area contributed by atoms with Gasteiger partial charge in [-0.15, -0.1) is 20.4 Å². The molecule has 2 rings (SSSR count). The minimum absolute atomic E-state index is 0.0858. The van der Waals surface area contributed by atoms with Crippen LogP contribution in [0.2, 0.25) is 0 Å². The van der Waals surface area contributed by atoms with Gasteiger partial charge in [0.1, 0.15) is 5.78 Å². The van der Waals surface area contributed by atoms with Gasteiger partial charge in [-0.05, 0) is 83.9 Å². The number of carbonyl (C=O) groups excluding carboxylic acids is 2. The van der Waals surface area contributed by atoms with Crippen molar-refractivity contribution in [1.82, 2.24) is 0 Å². The highest BCUT2D eigenvalue weighted by molar-refractivity contribution is 6.07. The van der Waals surface area contributed by atoms with Crippen molar-refractivity contribution >= 4 is 69.8 Å². The predicted molar refractivity (Wildman–Crippen MR) is 226 cm³/mol. The van der Waals surface area contributed by atoms with Gasteiger partial charge in [-0.1, -0.05) is 25.7 Å². The second kappa shape index (κ2) is 24.4. The van der Waals surface area contributed by atoms with E-state index in [9.17, 15) is 9.59 Å². The van der Waals surface area contributed by atoms with Gasteiger partial charge in [0.25, 0.3) is 0 Å². The Kier molecular flexibility index (Phi) is 20.5. The Morgan fingerprint density at radius 3 is 1.09 bits per heavy atom. The molecule has 0 aromatic heterocycles. The number of hydrogen-bond acceptors (Lipinski definition) is 11. The van der Waals surface area contributed by atoms with Crippen LogP contribution in [0.1, 0.15) is 108 Å². The van der Waals surface area contributed by atoms with Crippen molar-refractivity contribution in [2.24, 2.45) is 86.7 Å². The van der Waals surface area contributed by atoms with Gasteiger partial charge in [-0.25, -0.2) is 0 Å². The number of amides is 1. The summed E-state index contributed by atoms with van der Waals surface area (Å²) in [6.45, 7) is 8.63. The molecule has 55 heavy (non-hydrogen) atoms. The fraction of sp³-hybridized carbons (Fsp3) is 0.371. The number of nitrogens with two attached hydrogens (primary N) is 9. The molecule has 0 spiro atoms. The first-order valence-electron chi connectivity index (χ1n) is 17.3. The summed E-state index contributed by atoms with van der Waals surface area (Å²) >= 11 is 0. The van der Waals surface area contributed by atoms with Gasteiger partial charge in [0.05, 0.1) is 22.8 Å². The van der Waals surface area contributed by atoms with Crippen molar-refractivity contribution in [2.75, 3.05) is 11.1 Å². The normalized spacial score (nSPS) is 11.7. The lowest BCUT2D eigenvalue weighted by Gasteiger charge is -2.11. The number of guanidine groups is 4. The Morgan fingerprint density at radius 2 is 0.764 bits per heavy atom. The zero-order valence-corrected chi connectivity index (χ0v) is 32.2. The van der Waals surface area contributed by atoms with Crippen LogP contribution in [0, 0.1) is 0 Å². The average molecular weight is 761 g/mol. The number of unbranched alkanes of at least 4 members (excludes halogenated alkanes) is 5. The number of carbonyl (C=O) groups is 2. The Morgan fingerprint density at radius 1 is 0.455 bits per heavy atom. The summed E-state index contributed by atoms with van der Waals surface area (Å²) in [5.41, 5.74) is 54.6. The number of nitrogens with zero attached hydrogens (tertiary/aromatic N) is 8. The summed E-state index contributed by atoms with van der Waals surface area (Å²) in [5.74, 6) is -0.411. The van der Waals surface area contributed by atoms with Gasteiger partial charge < -0.3 is 61.7 Å². The minimum Gasteiger partial charge on any atom is -0.399 e. The maximum absolute atomic E-state index is 12.5. The van der Waals surface area contributed by atoms with Crippen LogP contribution in [0.25, 0.3) is 0 Å². The molecule has 0 saturated heterocycles. The van der Waals surface area contributed by atoms with Gasteiger partial charge in [-0.3, -0.25) is 4.79 Å². The molecule has 0 aliphatic heterocycles. The summed E-state index contributed by atoms with van der Waals surface area (Å²) < 4.78 is 0. The molecule has 19 N–H and O–H groups in total. The summed E-state index contributed by atoms with van der Waals surface area (Å²) in [7, 11) is 0. The molecule has 1 amide bonds. The predicted octanol–water partition coefficient (Wildman–Crippen LogP) is 1.59. The zero-order valence-electron chi connectivity index (χ0n) is 32.2. The number of benzene rings is 2. The van der Waals surface area contributed by atoms with Crippen molar-refractivity contribution in [3.05, 3.63) is 58.7 Å². The number of anilines is 2. The van der Waals surface area contributed by atoms with Crippen LogP contribution in [0.3, 0.4) is 0 Å². The van der Waals surface area contributed by atoms with E-state index in [-0.39, 0.29) is 35.5 Å². The number of Topliss-reactive ketones (excluding diaryl/α,β-unsaturated/α-hetero) is 1. The molecule has 0 aliphatic carbocycles. The molecule has 0 unspecified atom stereocenters. The third kappa shape index (κ3) is 20.7. The number of ketones is 1. The third-order valence-corrected chi connectivity index (χ3v) is 7.29. The summed E-state index contributed by atoms with van der Waals surface area (Å²) in [4.78, 5) is 23.4. The van der Waals surface area contributed by atoms with Crippen LogP contribution < -0.4 is 56.9 Å². The molecular weight excluding hydrogens is 705 g/mol. The fourth-order valence-corrected chi connectivity index (χ4v) is 4.54. The molecule has 0 bridgehead atoms. The fourth-order valence-electron chi connectivity index (χ4n) is 4.54. The average Bonchev–Trinajstić information content (AvgIpc) is 3.11. The molecule has 20 heteroatoms. The Hall–Kier alpha value is -6.86. The molecule has 0 heterocycles. The SMILES string of the molecule is C/C(=N\N=C(N)N)c1cc(N)cc(/C(C)=N/N=C(N)N)c1.CC(=O)CCCCCCCCC(=O)Nc1cc(/C(C)=N/N=C(N)N)cc(/C(C)=N/N=C(N)N)c1. The van der Waals surface area contributed by atoms with Crippen LogP contribution in [0.4, 0.5) is 11.4 Å². The van der Waals surface area contributed by atoms with Crippen LogP contribution in [0.15, 0.2) is 77.2 Å². The highest BCUT2D eigenvalue weighted by Crippen LogP contribution is 2.19. The first-order valence-corrected chi connectivity index (χ1v) is 17.3. The quantitative estimate of drug-likeness (QED) is 0.0342. The zero-order chi connectivity index (χ0) is 41.5. The van der Waals surface area contributed by atoms with E-state index in [2.05, 4.69) is 46.1 Å². The number of nitrogen functional groups attached to an aromatic ring is 1. The van der Waals surface area contributed by atoms with Gasteiger partial charge in [0.15, 0.2) is 0 Å². The monoisotopic (exact) mass is 760 g/mol. The summed E-state index contributed by atoms with van der Waals surface area (Å²) in [5, 5.41) is 33.3. The van der Waals surface area contributed by atoms with E-state index in [0.717, 1.165) is 49.7 Å². The molecular formula is C35H56N18O2. The lowest BCUT2D eigenvalue weighted by molar-refractivity contribution is -0.117. The van der Waals surface area contributed by atoms with Crippen molar-refractivity contribution in [2.45, 2.75) is 86.0 Å². The summed E-state index contributed by atoms with van der Waals surface area (Å²) in [6, 6.07) is 10.7. The van der Waals surface area contributed by atoms with E-state index >= 15 is 0 Å². The standard InChI is InChI=1S/C23H37N9O2.C12H19N9/c1-15(33)10-8-6-4-5-7-9-11-21(34)28-20-13-18(16(2)29-31-22(24)25)12-19(14-20)17(3)30-32-23(26)27;1-6(18-20-11(14)15)8-3-9(5-10(13)4-8)7(2)19-21-12(16)17/h12-14H,4-11H2,1-3H3,(H,28,34)(H4,24,25,31)(H4,26,27,32);3-5H,13H2,1-2H3,(H4,14,15,20)(H4,16,17,21)/b29-16+,30-17+;18-6+,19-7+. The van der Waals surface area contributed by atoms with Crippen LogP contribution >= 0.6 is 0 Å². The lowest BCUT2D eigenvalue weighted by atomic mass is 10.0. The molecule has 0 radical (unpaired) electrons. The van der Waals surface area contributed by atoms with Gasteiger partial charge >= 0.3 is 0 Å². The lowest BCUT2D eigenvalue weighted by Crippen LogP contribution is -2.22. The second-order valence-corrected chi connectivity index (χ2v) is 12.4. The van der Waals surface area contributed by atoms with Crippen molar-refractivity contribution in [1.29, 1.82) is 0 Å². The van der Waals surface area contributed by atoms with E-state index in [4.69, 9.17) is 51.6 Å². The highest BCUT2D eigenvalue weighted by atomic mass is 16.1. The Balaban J connectivity index is 0.000000615. The molecule has 0 saturated carbocycles. The van der Waals surface area contributed by atoms with Crippen LogP contribution in [0.5, 0.6) is 0 Å². The molecule has 20 nitrogen and oxygen atoms in total. The van der Waals surface area contributed by atoms with Gasteiger partial charge in [0.2, 0.25) is 29.7 Å². The molecule has 2 aromatic carbocycles. The van der Waals surface area contributed by atoms with Crippen molar-refractivity contribution < 1.29 is 9.59 Å². The first kappa shape index (κ1) is 46.2. The second-order valence-electron chi connectivity index (χ2n) is 12.4. The molecule has 0 fully saturated rings. The number of nitrogens with one attached hydrogen (secondary N) is 1. The van der Waals surface area contributed by atoms with E-state index in [1.54, 1.807) is 58.9 Å². The number of rotatable bonds is 18. The van der Waals surface area contributed by atoms with E-state index in [1.807, 2.05) is 12.1 Å². The van der Waals surface area contributed by atoms with Crippen LogP contribution in [-0.2, 0) is 9.59 Å². The Labute approximate surface area is 321 Å². The molecule has 0 aliphatic rings. The van der Waals surface area contributed by atoms with E-state index in [0.29, 0.717) is 58.2 Å².